The summed E-state index contributed by atoms with van der Waals surface area (Å²) >= 11 is 0. The molecule has 1 atom stereocenters. The van der Waals surface area contributed by atoms with Gasteiger partial charge >= 0.3 is 0 Å². The third kappa shape index (κ3) is 2.09. The molecule has 1 aliphatic rings. The van der Waals surface area contributed by atoms with Gasteiger partial charge in [-0.2, -0.15) is 5.10 Å². The maximum absolute atomic E-state index is 5.50. The van der Waals surface area contributed by atoms with Gasteiger partial charge in [0.1, 0.15) is 17.3 Å². The fraction of sp³-hybridized carbons (Fsp3) is 0.400. The lowest BCUT2D eigenvalue weighted by Crippen LogP contribution is -2.24. The molecule has 0 spiro atoms. The third-order valence-corrected chi connectivity index (χ3v) is 3.67. The highest BCUT2D eigenvalue weighted by Gasteiger charge is 2.25. The van der Waals surface area contributed by atoms with Crippen molar-refractivity contribution in [2.75, 3.05) is 26.1 Å². The van der Waals surface area contributed by atoms with Crippen LogP contribution < -0.4 is 14.8 Å². The van der Waals surface area contributed by atoms with Crippen molar-refractivity contribution < 1.29 is 9.47 Å². The largest absolute Gasteiger partial charge is 0.497 e. The van der Waals surface area contributed by atoms with Crippen LogP contribution in [0.25, 0.3) is 0 Å². The van der Waals surface area contributed by atoms with Crippen LogP contribution in [-0.4, -0.2) is 30.5 Å². The van der Waals surface area contributed by atoms with Crippen molar-refractivity contribution in [3.8, 4) is 11.5 Å². The van der Waals surface area contributed by atoms with E-state index in [4.69, 9.17) is 9.47 Å². The first kappa shape index (κ1) is 12.8. The Morgan fingerprint density at radius 3 is 2.85 bits per heavy atom. The predicted molar refractivity (Wildman–Crippen MR) is 77.8 cm³/mol. The van der Waals surface area contributed by atoms with Crippen molar-refractivity contribution in [3.63, 3.8) is 0 Å². The summed E-state index contributed by atoms with van der Waals surface area (Å²) in [5.41, 5.74) is 2.12. The molecule has 1 aromatic heterocycles. The number of anilines is 1. The predicted octanol–water partition coefficient (Wildman–Crippen LogP) is 2.61. The Kier molecular flexibility index (Phi) is 3.26. The number of aromatic nitrogens is 2. The molecule has 0 saturated carbocycles. The molecule has 0 fully saturated rings. The number of fused-ring (bicyclic) bond motifs is 1. The molecule has 1 unspecified atom stereocenters. The highest BCUT2D eigenvalue weighted by atomic mass is 16.5. The molecule has 3 rings (SSSR count). The van der Waals surface area contributed by atoms with Crippen molar-refractivity contribution >= 4 is 5.82 Å². The van der Waals surface area contributed by atoms with E-state index in [1.165, 1.54) is 0 Å². The van der Waals surface area contributed by atoms with Crippen LogP contribution in [0.5, 0.6) is 11.5 Å². The summed E-state index contributed by atoms with van der Waals surface area (Å²) in [6.45, 7) is 2.93. The maximum Gasteiger partial charge on any atom is 0.125 e. The third-order valence-electron chi connectivity index (χ3n) is 3.67. The van der Waals surface area contributed by atoms with E-state index < -0.39 is 0 Å². The number of aryl methyl sites for hydroxylation is 1. The maximum atomic E-state index is 5.50. The zero-order valence-corrected chi connectivity index (χ0v) is 12.0. The fourth-order valence-corrected chi connectivity index (χ4v) is 2.73. The Morgan fingerprint density at radius 2 is 2.10 bits per heavy atom. The van der Waals surface area contributed by atoms with Crippen molar-refractivity contribution in [3.05, 3.63) is 35.5 Å². The SMILES string of the molecule is COc1ccc(OC)c(C2CCNc3cc(C)nn32)c1. The molecule has 1 aromatic carbocycles. The van der Waals surface area contributed by atoms with Crippen LogP contribution in [0.15, 0.2) is 24.3 Å². The number of nitrogens with one attached hydrogen (secondary N) is 1. The van der Waals surface area contributed by atoms with E-state index >= 15 is 0 Å². The lowest BCUT2D eigenvalue weighted by Gasteiger charge is -2.27. The van der Waals surface area contributed by atoms with Gasteiger partial charge in [-0.15, -0.1) is 0 Å². The van der Waals surface area contributed by atoms with E-state index in [1.54, 1.807) is 14.2 Å². The minimum Gasteiger partial charge on any atom is -0.497 e. The summed E-state index contributed by atoms with van der Waals surface area (Å²) in [5.74, 6) is 2.77. The van der Waals surface area contributed by atoms with Crippen LogP contribution in [0.2, 0.25) is 0 Å². The highest BCUT2D eigenvalue weighted by molar-refractivity contribution is 5.47. The molecule has 0 amide bonds. The van der Waals surface area contributed by atoms with Crippen molar-refractivity contribution in [2.45, 2.75) is 19.4 Å². The van der Waals surface area contributed by atoms with Crippen molar-refractivity contribution in [1.29, 1.82) is 0 Å². The zero-order valence-electron chi connectivity index (χ0n) is 12.0. The zero-order chi connectivity index (χ0) is 14.1. The molecule has 20 heavy (non-hydrogen) atoms. The van der Waals surface area contributed by atoms with Crippen molar-refractivity contribution in [1.82, 2.24) is 9.78 Å². The Bertz CT molecular complexity index is 622. The first-order valence-corrected chi connectivity index (χ1v) is 6.75. The van der Waals surface area contributed by atoms with Gasteiger partial charge in [-0.3, -0.25) is 0 Å². The molecule has 2 aromatic rings. The Morgan fingerprint density at radius 1 is 1.25 bits per heavy atom. The van der Waals surface area contributed by atoms with E-state index in [2.05, 4.69) is 16.5 Å². The van der Waals surface area contributed by atoms with Gasteiger partial charge in [0, 0.05) is 18.2 Å². The summed E-state index contributed by atoms with van der Waals surface area (Å²) in [7, 11) is 3.37. The second kappa shape index (κ2) is 5.07. The first-order valence-electron chi connectivity index (χ1n) is 6.75. The number of nitrogens with zero attached hydrogens (tertiary/aromatic N) is 2. The van der Waals surface area contributed by atoms with E-state index in [9.17, 15) is 0 Å². The molecule has 0 radical (unpaired) electrons. The van der Waals surface area contributed by atoms with Gasteiger partial charge in [0.15, 0.2) is 0 Å². The molecule has 0 bridgehead atoms. The van der Waals surface area contributed by atoms with E-state index in [-0.39, 0.29) is 6.04 Å². The van der Waals surface area contributed by atoms with E-state index in [0.29, 0.717) is 0 Å². The van der Waals surface area contributed by atoms with Crippen LogP contribution in [0.1, 0.15) is 23.7 Å². The summed E-state index contributed by atoms with van der Waals surface area (Å²) in [5, 5.41) is 7.98. The molecule has 5 heteroatoms. The topological polar surface area (TPSA) is 48.3 Å². The molecular weight excluding hydrogens is 254 g/mol. The van der Waals surface area contributed by atoms with E-state index in [1.807, 2.05) is 29.8 Å². The Labute approximate surface area is 118 Å². The number of hydrogen-bond donors (Lipinski definition) is 1. The lowest BCUT2D eigenvalue weighted by molar-refractivity contribution is 0.383. The van der Waals surface area contributed by atoms with Crippen LogP contribution in [0.4, 0.5) is 5.82 Å². The number of ether oxygens (including phenoxy) is 2. The molecule has 1 aliphatic heterocycles. The number of methoxy groups -OCH3 is 2. The van der Waals surface area contributed by atoms with Crippen molar-refractivity contribution in [2.24, 2.45) is 0 Å². The van der Waals surface area contributed by atoms with Crippen LogP contribution >= 0.6 is 0 Å². The van der Waals surface area contributed by atoms with Gasteiger partial charge < -0.3 is 14.8 Å². The number of rotatable bonds is 3. The number of hydrogen-bond acceptors (Lipinski definition) is 4. The second-order valence-electron chi connectivity index (χ2n) is 4.95. The average molecular weight is 273 g/mol. The molecular formula is C15H19N3O2. The molecule has 1 N–H and O–H groups in total. The Hall–Kier alpha value is -2.17. The lowest BCUT2D eigenvalue weighted by atomic mass is 10.0. The van der Waals surface area contributed by atoms with Crippen LogP contribution in [-0.2, 0) is 0 Å². The van der Waals surface area contributed by atoms with Gasteiger partial charge in [0.05, 0.1) is 26.0 Å². The van der Waals surface area contributed by atoms with Gasteiger partial charge in [-0.25, -0.2) is 4.68 Å². The quantitative estimate of drug-likeness (QED) is 0.934. The molecule has 2 heterocycles. The molecule has 0 saturated heterocycles. The summed E-state index contributed by atoms with van der Waals surface area (Å²) in [6.07, 6.45) is 0.970. The second-order valence-corrected chi connectivity index (χ2v) is 4.95. The minimum atomic E-state index is 0.171. The molecule has 5 nitrogen and oxygen atoms in total. The van der Waals surface area contributed by atoms with Gasteiger partial charge in [0.25, 0.3) is 0 Å². The Balaban J connectivity index is 2.09. The van der Waals surface area contributed by atoms with Crippen LogP contribution in [0.3, 0.4) is 0 Å². The van der Waals surface area contributed by atoms with Gasteiger partial charge in [-0.05, 0) is 31.5 Å². The van der Waals surface area contributed by atoms with Gasteiger partial charge in [-0.1, -0.05) is 0 Å². The highest BCUT2D eigenvalue weighted by Crippen LogP contribution is 2.36. The average Bonchev–Trinajstić information content (AvgIpc) is 2.86. The monoisotopic (exact) mass is 273 g/mol. The fourth-order valence-electron chi connectivity index (χ4n) is 2.73. The van der Waals surface area contributed by atoms with Gasteiger partial charge in [0.2, 0.25) is 0 Å². The molecule has 0 aliphatic carbocycles. The normalized spacial score (nSPS) is 17.2. The van der Waals surface area contributed by atoms with Crippen LogP contribution in [0, 0.1) is 6.92 Å². The standard InChI is InChI=1S/C15H19N3O2/c1-10-8-15-16-7-6-13(18(15)17-10)12-9-11(19-2)4-5-14(12)20-3/h4-5,8-9,13,16H,6-7H2,1-3H3. The molecule has 106 valence electrons. The first-order chi connectivity index (χ1) is 9.72. The summed E-state index contributed by atoms with van der Waals surface area (Å²) in [4.78, 5) is 0. The summed E-state index contributed by atoms with van der Waals surface area (Å²) in [6, 6.07) is 8.14. The minimum absolute atomic E-state index is 0.171. The number of benzene rings is 1. The smallest absolute Gasteiger partial charge is 0.125 e. The summed E-state index contributed by atoms with van der Waals surface area (Å²) < 4.78 is 12.9. The van der Waals surface area contributed by atoms with E-state index in [0.717, 1.165) is 41.5 Å².